The van der Waals surface area contributed by atoms with Gasteiger partial charge in [-0.1, -0.05) is 0 Å². The molecule has 0 saturated carbocycles. The van der Waals surface area contributed by atoms with Crippen molar-refractivity contribution in [1.82, 2.24) is 0 Å². The molecule has 44 heavy (non-hydrogen) atoms. The van der Waals surface area contributed by atoms with Gasteiger partial charge in [0.05, 0.1) is 47.7 Å². The van der Waals surface area contributed by atoms with E-state index in [2.05, 4.69) is 0 Å². The SMILES string of the molecule is COc1c2c3c(c4c1C(=O)c1c(O)c5c(c(O)c1C4=O)C[C@@](O)(C(=O)CO)C[C@@H]5O[C@H]1C[C@H](N)[C@H](O)[C@H](C)O1)OP(=O)(O3)O2. The molecular formula is C27H26NO15P. The molecule has 1 unspecified atom stereocenters. The standard InChI is InChI=1S/C27H26NO15P/c1-7-18(31)9(28)3-12(39-7)40-10-5-27(36,11(30)6-29)4-8-13(10)20(33)15-14(19(8)32)21(34)17-16(22(15)35)23(38-2)25-26-24(17)41-44(37,42-25)43-26/h7,9-10,12,18,29,31-33,36H,3-6,28H2,1-2H3/t7-,9-,10-,12-,18+,27-,44?/m0/s1. The summed E-state index contributed by atoms with van der Waals surface area (Å²) in [6, 6.07) is -0.781. The monoisotopic (exact) mass is 635 g/mol. The molecule has 234 valence electrons. The molecule has 7 atom stereocenters. The molecule has 3 heterocycles. The summed E-state index contributed by atoms with van der Waals surface area (Å²) < 4.78 is 45.5. The van der Waals surface area contributed by atoms with E-state index in [1.807, 2.05) is 0 Å². The molecule has 2 bridgehead atoms. The van der Waals surface area contributed by atoms with Crippen LogP contribution in [0.5, 0.6) is 34.5 Å². The lowest BCUT2D eigenvalue weighted by Crippen LogP contribution is -2.53. The minimum Gasteiger partial charge on any atom is -0.507 e. The first-order chi connectivity index (χ1) is 20.7. The maximum absolute atomic E-state index is 14.1. The average molecular weight is 635 g/mol. The van der Waals surface area contributed by atoms with E-state index in [0.29, 0.717) is 0 Å². The number of carbonyl (C=O) groups excluding carboxylic acids is 3. The zero-order valence-electron chi connectivity index (χ0n) is 23.1. The Morgan fingerprint density at radius 3 is 2.32 bits per heavy atom. The summed E-state index contributed by atoms with van der Waals surface area (Å²) in [6.07, 6.45) is -5.63. The number of nitrogens with two attached hydrogens (primary N) is 1. The van der Waals surface area contributed by atoms with Crippen LogP contribution in [0.2, 0.25) is 0 Å². The lowest BCUT2D eigenvalue weighted by molar-refractivity contribution is -0.247. The molecular weight excluding hydrogens is 609 g/mol. The van der Waals surface area contributed by atoms with E-state index in [-0.39, 0.29) is 40.5 Å². The van der Waals surface area contributed by atoms with Crippen molar-refractivity contribution in [2.45, 2.75) is 62.4 Å². The van der Waals surface area contributed by atoms with Gasteiger partial charge in [0, 0.05) is 36.4 Å². The van der Waals surface area contributed by atoms with E-state index < -0.39 is 115 Å². The summed E-state index contributed by atoms with van der Waals surface area (Å²) in [5, 5.41) is 54.3. The molecule has 3 aliphatic heterocycles. The number of Topliss-reactive ketones (excluding diaryl/α,β-unsaturated/α-hetero) is 1. The number of phosphoric ester groups is 1. The highest BCUT2D eigenvalue weighted by Gasteiger charge is 2.58. The highest BCUT2D eigenvalue weighted by molar-refractivity contribution is 7.50. The maximum Gasteiger partial charge on any atom is 0.647 e. The summed E-state index contributed by atoms with van der Waals surface area (Å²) in [5.41, 5.74) is 0.963. The van der Waals surface area contributed by atoms with Crippen molar-refractivity contribution in [1.29, 1.82) is 0 Å². The van der Waals surface area contributed by atoms with Crippen molar-refractivity contribution >= 4 is 25.2 Å². The van der Waals surface area contributed by atoms with Gasteiger partial charge in [0.15, 0.2) is 23.6 Å². The lowest BCUT2D eigenvalue weighted by atomic mass is 9.71. The molecule has 7 rings (SSSR count). The highest BCUT2D eigenvalue weighted by Crippen LogP contribution is 2.73. The Morgan fingerprint density at radius 1 is 1.05 bits per heavy atom. The number of aliphatic hydroxyl groups is 3. The normalized spacial score (nSPS) is 32.6. The van der Waals surface area contributed by atoms with Crippen LogP contribution in [0.4, 0.5) is 0 Å². The number of hydrogen-bond donors (Lipinski definition) is 6. The van der Waals surface area contributed by atoms with Crippen molar-refractivity contribution in [3.63, 3.8) is 0 Å². The van der Waals surface area contributed by atoms with Gasteiger partial charge in [-0.3, -0.25) is 14.4 Å². The Balaban J connectivity index is 1.42. The fourth-order valence-electron chi connectivity index (χ4n) is 6.55. The van der Waals surface area contributed by atoms with Crippen LogP contribution in [-0.4, -0.2) is 86.7 Å². The van der Waals surface area contributed by atoms with E-state index in [1.165, 1.54) is 0 Å². The molecule has 2 aromatic rings. The first kappa shape index (κ1) is 29.0. The Kier molecular flexibility index (Phi) is 6.17. The van der Waals surface area contributed by atoms with Crippen LogP contribution in [0.1, 0.15) is 68.8 Å². The van der Waals surface area contributed by atoms with Crippen LogP contribution >= 0.6 is 7.82 Å². The second-order valence-corrected chi connectivity index (χ2v) is 12.7. The van der Waals surface area contributed by atoms with E-state index >= 15 is 0 Å². The molecule has 1 fully saturated rings. The zero-order valence-corrected chi connectivity index (χ0v) is 24.0. The second kappa shape index (κ2) is 9.37. The van der Waals surface area contributed by atoms with Gasteiger partial charge in [-0.15, -0.1) is 0 Å². The third-order valence-corrected chi connectivity index (χ3v) is 9.90. The maximum atomic E-state index is 14.1. The number of carbonyl (C=O) groups is 3. The predicted molar refractivity (Wildman–Crippen MR) is 141 cm³/mol. The number of hydrogen-bond acceptors (Lipinski definition) is 16. The summed E-state index contributed by atoms with van der Waals surface area (Å²) in [4.78, 5) is 40.8. The number of ketones is 3. The summed E-state index contributed by atoms with van der Waals surface area (Å²) in [5.74, 6) is -5.89. The summed E-state index contributed by atoms with van der Waals surface area (Å²) in [6.45, 7) is 0.468. The van der Waals surface area contributed by atoms with Crippen LogP contribution in [0.25, 0.3) is 0 Å². The van der Waals surface area contributed by atoms with Gasteiger partial charge in [0.2, 0.25) is 23.1 Å². The molecule has 5 aliphatic rings. The van der Waals surface area contributed by atoms with E-state index in [1.54, 1.807) is 6.92 Å². The van der Waals surface area contributed by atoms with Crippen molar-refractivity contribution in [3.05, 3.63) is 33.4 Å². The highest BCUT2D eigenvalue weighted by atomic mass is 31.2. The minimum absolute atomic E-state index is 0.0385. The van der Waals surface area contributed by atoms with Gasteiger partial charge in [0.25, 0.3) is 0 Å². The molecule has 17 heteroatoms. The third kappa shape index (κ3) is 3.73. The van der Waals surface area contributed by atoms with Crippen LogP contribution in [0.3, 0.4) is 0 Å². The number of methoxy groups -OCH3 is 1. The van der Waals surface area contributed by atoms with Crippen molar-refractivity contribution in [2.75, 3.05) is 13.7 Å². The van der Waals surface area contributed by atoms with Gasteiger partial charge in [-0.25, -0.2) is 0 Å². The van der Waals surface area contributed by atoms with Crippen molar-refractivity contribution < 1.29 is 72.3 Å². The average Bonchev–Trinajstić information content (AvgIpc) is 3.50. The predicted octanol–water partition coefficient (Wildman–Crippen LogP) is 0.273. The van der Waals surface area contributed by atoms with E-state index in [9.17, 15) is 44.5 Å². The molecule has 0 amide bonds. The zero-order chi connectivity index (χ0) is 31.6. The van der Waals surface area contributed by atoms with Crippen LogP contribution in [0.15, 0.2) is 0 Å². The fourth-order valence-corrected chi connectivity index (χ4v) is 7.84. The Morgan fingerprint density at radius 2 is 1.68 bits per heavy atom. The van der Waals surface area contributed by atoms with Gasteiger partial charge < -0.3 is 59.0 Å². The van der Waals surface area contributed by atoms with Crippen LogP contribution in [-0.2, 0) is 25.3 Å². The van der Waals surface area contributed by atoms with Crippen molar-refractivity contribution in [2.24, 2.45) is 5.73 Å². The van der Waals surface area contributed by atoms with E-state index in [0.717, 1.165) is 7.11 Å². The topological polar surface area (TPSA) is 251 Å². The number of phenolic OH excluding ortho intramolecular Hbond substituents is 2. The number of aromatic hydroxyl groups is 2. The summed E-state index contributed by atoms with van der Waals surface area (Å²) in [7, 11) is -3.01. The molecule has 1 saturated heterocycles. The van der Waals surface area contributed by atoms with Gasteiger partial charge in [-0.2, -0.15) is 4.57 Å². The largest absolute Gasteiger partial charge is 0.647 e. The molecule has 16 nitrogen and oxygen atoms in total. The first-order valence-electron chi connectivity index (χ1n) is 13.5. The first-order valence-corrected chi connectivity index (χ1v) is 15.0. The number of ether oxygens (including phenoxy) is 3. The van der Waals surface area contributed by atoms with Crippen LogP contribution in [0, 0.1) is 0 Å². The second-order valence-electron chi connectivity index (χ2n) is 11.3. The Labute approximate surface area is 247 Å². The van der Waals surface area contributed by atoms with Gasteiger partial charge in [-0.05, 0) is 6.92 Å². The number of phenols is 2. The van der Waals surface area contributed by atoms with Crippen molar-refractivity contribution in [3.8, 4) is 34.5 Å². The Hall–Kier alpha value is -3.76. The third-order valence-electron chi connectivity index (χ3n) is 8.68. The number of aliphatic hydroxyl groups excluding tert-OH is 2. The lowest BCUT2D eigenvalue weighted by Gasteiger charge is -2.42. The number of fused-ring (bicyclic) bond motifs is 5. The number of phosphoric acid groups is 1. The molecule has 0 spiro atoms. The van der Waals surface area contributed by atoms with Crippen LogP contribution < -0.4 is 24.0 Å². The van der Waals surface area contributed by atoms with Gasteiger partial charge in [0.1, 0.15) is 23.7 Å². The molecule has 7 N–H and O–H groups in total. The molecule has 0 aromatic heterocycles. The molecule has 2 aliphatic carbocycles. The Bertz CT molecular complexity index is 1740. The molecule has 0 radical (unpaired) electrons. The van der Waals surface area contributed by atoms with Gasteiger partial charge >= 0.3 is 7.82 Å². The fraction of sp³-hybridized carbons (Fsp3) is 0.444. The minimum atomic E-state index is -4.18. The summed E-state index contributed by atoms with van der Waals surface area (Å²) >= 11 is 0. The quantitative estimate of drug-likeness (QED) is 0.163. The number of rotatable bonds is 5. The smallest absolute Gasteiger partial charge is 0.507 e. The van der Waals surface area contributed by atoms with E-state index in [4.69, 9.17) is 33.5 Å². The number of benzene rings is 2. The molecule has 2 aromatic carbocycles.